The summed E-state index contributed by atoms with van der Waals surface area (Å²) in [6.45, 7) is 0. The quantitative estimate of drug-likeness (QED) is 0.226. The van der Waals surface area contributed by atoms with Gasteiger partial charge >= 0.3 is 0 Å². The average molecular weight is 525 g/mol. The zero-order valence-corrected chi connectivity index (χ0v) is 22.1. The molecule has 0 saturated heterocycles. The molecule has 9 aromatic rings. The Balaban J connectivity index is 1.38. The lowest BCUT2D eigenvalue weighted by Gasteiger charge is -2.10. The Morgan fingerprint density at radius 3 is 2.07 bits per heavy atom. The van der Waals surface area contributed by atoms with Crippen LogP contribution in [0.3, 0.4) is 0 Å². The maximum absolute atomic E-state index is 4.89. The van der Waals surface area contributed by atoms with Crippen LogP contribution in [0.5, 0.6) is 0 Å². The standard InChI is InChI=1S/C37H24N4/c1-2-12-26(13-3-1)41-32-17-6-4-15-28(32)29-20-21-34-36(37(29)41)30-16-5-7-18-33(30)40(34)27-14-10-11-25(23-27)31-24-39-22-9-8-19-35(39)38-31/h1-24H. The Hall–Kier alpha value is -5.61. The largest absolute Gasteiger partial charge is 0.309 e. The number of imidazole rings is 1. The van der Waals surface area contributed by atoms with E-state index in [2.05, 4.69) is 135 Å². The van der Waals surface area contributed by atoms with Crippen LogP contribution in [0.2, 0.25) is 0 Å². The van der Waals surface area contributed by atoms with Crippen LogP contribution < -0.4 is 0 Å². The molecule has 0 aliphatic rings. The van der Waals surface area contributed by atoms with Gasteiger partial charge in [-0.3, -0.25) is 0 Å². The number of pyridine rings is 1. The van der Waals surface area contributed by atoms with Gasteiger partial charge < -0.3 is 13.5 Å². The highest BCUT2D eigenvalue weighted by atomic mass is 15.0. The van der Waals surface area contributed by atoms with Crippen molar-refractivity contribution in [3.8, 4) is 22.6 Å². The number of para-hydroxylation sites is 3. The molecule has 41 heavy (non-hydrogen) atoms. The Kier molecular flexibility index (Phi) is 4.58. The van der Waals surface area contributed by atoms with E-state index in [0.717, 1.165) is 28.3 Å². The summed E-state index contributed by atoms with van der Waals surface area (Å²) in [7, 11) is 0. The van der Waals surface area contributed by atoms with Crippen molar-refractivity contribution >= 4 is 49.3 Å². The van der Waals surface area contributed by atoms with Crippen LogP contribution in [0.15, 0.2) is 146 Å². The highest BCUT2D eigenvalue weighted by Crippen LogP contribution is 2.42. The molecule has 0 aliphatic carbocycles. The summed E-state index contributed by atoms with van der Waals surface area (Å²) in [6, 6.07) is 47.6. The third kappa shape index (κ3) is 3.19. The van der Waals surface area contributed by atoms with Gasteiger partial charge in [-0.1, -0.05) is 78.9 Å². The normalized spacial score (nSPS) is 11.9. The van der Waals surface area contributed by atoms with Gasteiger partial charge in [0.2, 0.25) is 0 Å². The second kappa shape index (κ2) is 8.44. The molecule has 0 unspecified atom stereocenters. The van der Waals surface area contributed by atoms with Crippen molar-refractivity contribution in [2.45, 2.75) is 0 Å². The van der Waals surface area contributed by atoms with Crippen molar-refractivity contribution in [1.82, 2.24) is 18.5 Å². The molecule has 0 radical (unpaired) electrons. The van der Waals surface area contributed by atoms with E-state index in [9.17, 15) is 0 Å². The molecular weight excluding hydrogens is 500 g/mol. The second-order valence-electron chi connectivity index (χ2n) is 10.5. The summed E-state index contributed by atoms with van der Waals surface area (Å²) in [5.74, 6) is 0. The molecule has 192 valence electrons. The number of benzene rings is 5. The summed E-state index contributed by atoms with van der Waals surface area (Å²) in [6.07, 6.45) is 4.14. The summed E-state index contributed by atoms with van der Waals surface area (Å²) in [4.78, 5) is 4.89. The molecule has 0 amide bonds. The fourth-order valence-electron chi connectivity index (χ4n) is 6.51. The van der Waals surface area contributed by atoms with E-state index in [-0.39, 0.29) is 0 Å². The Morgan fingerprint density at radius 2 is 1.22 bits per heavy atom. The number of hydrogen-bond donors (Lipinski definition) is 0. The molecule has 9 rings (SSSR count). The lowest BCUT2D eigenvalue weighted by atomic mass is 10.1. The van der Waals surface area contributed by atoms with Gasteiger partial charge in [0.1, 0.15) is 5.65 Å². The Bertz CT molecular complexity index is 2390. The molecule has 4 heterocycles. The monoisotopic (exact) mass is 524 g/mol. The van der Waals surface area contributed by atoms with E-state index in [1.54, 1.807) is 0 Å². The van der Waals surface area contributed by atoms with Crippen LogP contribution in [0.1, 0.15) is 0 Å². The van der Waals surface area contributed by atoms with Crippen molar-refractivity contribution in [3.63, 3.8) is 0 Å². The van der Waals surface area contributed by atoms with Crippen LogP contribution in [0, 0.1) is 0 Å². The number of nitrogens with zero attached hydrogens (tertiary/aromatic N) is 4. The van der Waals surface area contributed by atoms with Crippen molar-refractivity contribution in [2.24, 2.45) is 0 Å². The third-order valence-electron chi connectivity index (χ3n) is 8.25. The van der Waals surface area contributed by atoms with Gasteiger partial charge in [-0.05, 0) is 54.6 Å². The average Bonchev–Trinajstić information content (AvgIpc) is 3.71. The molecule has 4 heteroatoms. The first kappa shape index (κ1) is 22.2. The fraction of sp³-hybridized carbons (Fsp3) is 0. The zero-order valence-electron chi connectivity index (χ0n) is 22.1. The minimum Gasteiger partial charge on any atom is -0.309 e. The molecule has 0 spiro atoms. The maximum Gasteiger partial charge on any atom is 0.137 e. The lowest BCUT2D eigenvalue weighted by Crippen LogP contribution is -1.95. The van der Waals surface area contributed by atoms with Gasteiger partial charge in [0.05, 0.1) is 27.8 Å². The van der Waals surface area contributed by atoms with Gasteiger partial charge in [-0.15, -0.1) is 0 Å². The topological polar surface area (TPSA) is 27.2 Å². The van der Waals surface area contributed by atoms with Crippen molar-refractivity contribution in [2.75, 3.05) is 0 Å². The van der Waals surface area contributed by atoms with Crippen LogP contribution in [-0.2, 0) is 0 Å². The van der Waals surface area contributed by atoms with E-state index in [0.29, 0.717) is 0 Å². The maximum atomic E-state index is 4.89. The fourth-order valence-corrected chi connectivity index (χ4v) is 6.51. The second-order valence-corrected chi connectivity index (χ2v) is 10.5. The Labute approximate surface area is 236 Å². The van der Waals surface area contributed by atoms with E-state index >= 15 is 0 Å². The minimum absolute atomic E-state index is 0.945. The SMILES string of the molecule is c1ccc(-n2c3ccccc3c3ccc4c(c5ccccc5n4-c4cccc(-c5cn6ccccc6n5)c4)c32)cc1. The van der Waals surface area contributed by atoms with E-state index in [4.69, 9.17) is 4.98 Å². The summed E-state index contributed by atoms with van der Waals surface area (Å²) in [5, 5.41) is 5.03. The number of rotatable bonds is 3. The summed E-state index contributed by atoms with van der Waals surface area (Å²) >= 11 is 0. The smallest absolute Gasteiger partial charge is 0.137 e. The van der Waals surface area contributed by atoms with Gasteiger partial charge in [-0.2, -0.15) is 0 Å². The first-order chi connectivity index (χ1) is 20.3. The molecule has 0 N–H and O–H groups in total. The van der Waals surface area contributed by atoms with E-state index < -0.39 is 0 Å². The molecule has 5 aromatic carbocycles. The predicted molar refractivity (Wildman–Crippen MR) is 169 cm³/mol. The molecule has 0 atom stereocenters. The molecule has 0 aliphatic heterocycles. The third-order valence-corrected chi connectivity index (χ3v) is 8.25. The molecule has 0 saturated carbocycles. The molecule has 4 nitrogen and oxygen atoms in total. The van der Waals surface area contributed by atoms with Gasteiger partial charge in [0.15, 0.2) is 0 Å². The molecule has 4 aromatic heterocycles. The molecule has 0 bridgehead atoms. The number of hydrogen-bond acceptors (Lipinski definition) is 1. The molecule has 0 fully saturated rings. The predicted octanol–water partition coefficient (Wildman–Crippen LogP) is 9.20. The zero-order chi connectivity index (χ0) is 26.9. The number of fused-ring (bicyclic) bond motifs is 8. The Morgan fingerprint density at radius 1 is 0.488 bits per heavy atom. The van der Waals surface area contributed by atoms with E-state index in [1.807, 2.05) is 24.4 Å². The first-order valence-electron chi connectivity index (χ1n) is 13.9. The highest BCUT2D eigenvalue weighted by molar-refractivity contribution is 6.26. The van der Waals surface area contributed by atoms with Crippen LogP contribution in [-0.4, -0.2) is 18.5 Å². The van der Waals surface area contributed by atoms with Gasteiger partial charge in [0.25, 0.3) is 0 Å². The summed E-state index contributed by atoms with van der Waals surface area (Å²) < 4.78 is 6.90. The van der Waals surface area contributed by atoms with Gasteiger partial charge in [0, 0.05) is 50.9 Å². The van der Waals surface area contributed by atoms with Gasteiger partial charge in [-0.25, -0.2) is 4.98 Å². The van der Waals surface area contributed by atoms with E-state index in [1.165, 1.54) is 43.6 Å². The first-order valence-corrected chi connectivity index (χ1v) is 13.9. The number of aromatic nitrogens is 4. The minimum atomic E-state index is 0.945. The highest BCUT2D eigenvalue weighted by Gasteiger charge is 2.20. The van der Waals surface area contributed by atoms with Crippen molar-refractivity contribution in [3.05, 3.63) is 146 Å². The van der Waals surface area contributed by atoms with Crippen LogP contribution in [0.25, 0.3) is 71.9 Å². The van der Waals surface area contributed by atoms with Crippen molar-refractivity contribution in [1.29, 1.82) is 0 Å². The van der Waals surface area contributed by atoms with Crippen LogP contribution >= 0.6 is 0 Å². The van der Waals surface area contributed by atoms with Crippen molar-refractivity contribution < 1.29 is 0 Å². The lowest BCUT2D eigenvalue weighted by molar-refractivity contribution is 1.17. The summed E-state index contributed by atoms with van der Waals surface area (Å²) in [5.41, 5.74) is 10.1. The van der Waals surface area contributed by atoms with Crippen LogP contribution in [0.4, 0.5) is 0 Å². The molecular formula is C37H24N4.